The Kier molecular flexibility index (Phi) is 3.16. The predicted octanol–water partition coefficient (Wildman–Crippen LogP) is 2.52. The number of hydrogen-bond acceptors (Lipinski definition) is 5. The van der Waals surface area contributed by atoms with Gasteiger partial charge in [0.15, 0.2) is 0 Å². The maximum absolute atomic E-state index is 11.7. The van der Waals surface area contributed by atoms with Crippen LogP contribution in [-0.2, 0) is 0 Å². The Morgan fingerprint density at radius 1 is 1.05 bits per heavy atom. The fraction of sp³-hybridized carbons (Fsp3) is 0. The monoisotopic (exact) mass is 271 g/mol. The second-order valence-corrected chi connectivity index (χ2v) is 4.80. The number of rotatable bonds is 3. The lowest BCUT2D eigenvalue weighted by Crippen LogP contribution is -2.25. The summed E-state index contributed by atoms with van der Waals surface area (Å²) >= 11 is 1.38. The molecule has 0 amide bonds. The summed E-state index contributed by atoms with van der Waals surface area (Å²) in [5, 5.41) is 16.0. The van der Waals surface area contributed by atoms with Crippen molar-refractivity contribution >= 4 is 11.8 Å². The molecule has 6 heteroatoms. The van der Waals surface area contributed by atoms with Crippen LogP contribution in [-0.4, -0.2) is 10.1 Å². The maximum Gasteiger partial charge on any atom is 0.287 e. The van der Waals surface area contributed by atoms with Crippen LogP contribution in [0.3, 0.4) is 0 Å². The summed E-state index contributed by atoms with van der Waals surface area (Å²) in [6.07, 6.45) is 3.25. The summed E-state index contributed by atoms with van der Waals surface area (Å²) in [6, 6.07) is 13.2. The van der Waals surface area contributed by atoms with E-state index in [2.05, 4.69) is 10.1 Å². The summed E-state index contributed by atoms with van der Waals surface area (Å²) in [6.45, 7) is 0. The summed E-state index contributed by atoms with van der Waals surface area (Å²) in [4.78, 5) is 5.34. The molecule has 19 heavy (non-hydrogen) atoms. The Bertz CT molecular complexity index is 671. The van der Waals surface area contributed by atoms with Crippen LogP contribution in [0.1, 0.15) is 0 Å². The molecule has 0 spiro atoms. The molecule has 1 aromatic carbocycles. The minimum atomic E-state index is 0.399. The molecule has 3 aromatic rings. The molecule has 5 nitrogen and oxygen atoms in total. The van der Waals surface area contributed by atoms with E-state index in [0.29, 0.717) is 15.6 Å². The predicted molar refractivity (Wildman–Crippen MR) is 69.3 cm³/mol. The van der Waals surface area contributed by atoms with Gasteiger partial charge in [0.2, 0.25) is 5.69 Å². The van der Waals surface area contributed by atoms with E-state index < -0.39 is 0 Å². The zero-order valence-electron chi connectivity index (χ0n) is 9.76. The lowest BCUT2D eigenvalue weighted by Gasteiger charge is -1.98. The van der Waals surface area contributed by atoms with Crippen LogP contribution in [0.25, 0.3) is 11.3 Å². The highest BCUT2D eigenvalue weighted by Crippen LogP contribution is 2.32. The Morgan fingerprint density at radius 2 is 1.79 bits per heavy atom. The standard InChI is InChI=1S/C13H9N3O2S/c17-16-12(10-6-8-14-9-7-10)13(15-18-16)19-11-4-2-1-3-5-11/h1-9H. The first kappa shape index (κ1) is 11.7. The fourth-order valence-corrected chi connectivity index (χ4v) is 2.52. The third-order valence-corrected chi connectivity index (χ3v) is 3.46. The first-order chi connectivity index (χ1) is 9.34. The second-order valence-electron chi connectivity index (χ2n) is 3.73. The minimum absolute atomic E-state index is 0.399. The normalized spacial score (nSPS) is 10.5. The van der Waals surface area contributed by atoms with Crippen LogP contribution in [0.4, 0.5) is 0 Å². The van der Waals surface area contributed by atoms with Gasteiger partial charge in [-0.3, -0.25) is 9.61 Å². The van der Waals surface area contributed by atoms with Gasteiger partial charge < -0.3 is 5.21 Å². The highest BCUT2D eigenvalue weighted by molar-refractivity contribution is 7.99. The molecule has 0 unspecified atom stereocenters. The van der Waals surface area contributed by atoms with Crippen molar-refractivity contribution in [1.82, 2.24) is 10.1 Å². The molecule has 2 heterocycles. The highest BCUT2D eigenvalue weighted by atomic mass is 32.2. The molecule has 0 aliphatic heterocycles. The smallest absolute Gasteiger partial charge is 0.287 e. The van der Waals surface area contributed by atoms with Gasteiger partial charge in [-0.05, 0) is 40.9 Å². The van der Waals surface area contributed by atoms with Crippen LogP contribution >= 0.6 is 11.8 Å². The quantitative estimate of drug-likeness (QED) is 0.685. The van der Waals surface area contributed by atoms with Gasteiger partial charge in [-0.15, -0.1) is 0 Å². The zero-order valence-corrected chi connectivity index (χ0v) is 10.6. The van der Waals surface area contributed by atoms with Gasteiger partial charge >= 0.3 is 0 Å². The number of hydrogen-bond donors (Lipinski definition) is 0. The van der Waals surface area contributed by atoms with Gasteiger partial charge in [0, 0.05) is 22.9 Å². The molecule has 0 bridgehead atoms. The fourth-order valence-electron chi connectivity index (χ4n) is 1.64. The summed E-state index contributed by atoms with van der Waals surface area (Å²) < 4.78 is 4.69. The number of benzene rings is 1. The van der Waals surface area contributed by atoms with Crippen molar-refractivity contribution in [1.29, 1.82) is 0 Å². The minimum Gasteiger partial charge on any atom is -0.359 e. The average Bonchev–Trinajstić information content (AvgIpc) is 2.82. The molecule has 0 aliphatic carbocycles. The van der Waals surface area contributed by atoms with Gasteiger partial charge in [-0.2, -0.15) is 0 Å². The lowest BCUT2D eigenvalue weighted by molar-refractivity contribution is -0.793. The molecule has 3 rings (SSSR count). The van der Waals surface area contributed by atoms with E-state index in [1.54, 1.807) is 24.5 Å². The van der Waals surface area contributed by atoms with E-state index in [1.807, 2.05) is 30.3 Å². The van der Waals surface area contributed by atoms with E-state index in [0.717, 1.165) is 10.5 Å². The molecule has 94 valence electrons. The van der Waals surface area contributed by atoms with Crippen molar-refractivity contribution < 1.29 is 9.53 Å². The average molecular weight is 271 g/mol. The molecule has 0 atom stereocenters. The van der Waals surface area contributed by atoms with Crippen molar-refractivity contribution in [3.8, 4) is 11.3 Å². The first-order valence-corrected chi connectivity index (χ1v) is 6.39. The van der Waals surface area contributed by atoms with Crippen molar-refractivity contribution in [2.24, 2.45) is 0 Å². The van der Waals surface area contributed by atoms with Crippen LogP contribution in [0.5, 0.6) is 0 Å². The van der Waals surface area contributed by atoms with Crippen molar-refractivity contribution in [2.75, 3.05) is 0 Å². The third-order valence-electron chi connectivity index (χ3n) is 2.49. The summed E-state index contributed by atoms with van der Waals surface area (Å²) in [5.74, 6) is 0. The van der Waals surface area contributed by atoms with E-state index in [-0.39, 0.29) is 0 Å². The van der Waals surface area contributed by atoms with Crippen molar-refractivity contribution in [3.05, 3.63) is 60.1 Å². The zero-order chi connectivity index (χ0) is 13.1. The first-order valence-electron chi connectivity index (χ1n) is 5.57. The van der Waals surface area contributed by atoms with E-state index in [4.69, 9.17) is 4.63 Å². The van der Waals surface area contributed by atoms with Crippen LogP contribution in [0, 0.1) is 5.21 Å². The second kappa shape index (κ2) is 5.11. The molecule has 0 aliphatic rings. The highest BCUT2D eigenvalue weighted by Gasteiger charge is 2.22. The third kappa shape index (κ3) is 2.43. The van der Waals surface area contributed by atoms with Gasteiger partial charge in [0.1, 0.15) is 0 Å². The lowest BCUT2D eigenvalue weighted by atomic mass is 10.2. The van der Waals surface area contributed by atoms with E-state index in [1.165, 1.54) is 11.8 Å². The number of aromatic nitrogens is 3. The van der Waals surface area contributed by atoms with Crippen molar-refractivity contribution in [2.45, 2.75) is 9.92 Å². The number of pyridine rings is 1. The molecule has 2 aromatic heterocycles. The topological polar surface area (TPSA) is 65.9 Å². The molecule has 0 saturated heterocycles. The Morgan fingerprint density at radius 3 is 2.53 bits per heavy atom. The van der Waals surface area contributed by atoms with Crippen molar-refractivity contribution in [3.63, 3.8) is 0 Å². The molecule has 0 N–H and O–H groups in total. The Balaban J connectivity index is 2.00. The molecule has 0 saturated carbocycles. The summed E-state index contributed by atoms with van der Waals surface area (Å²) in [7, 11) is 0. The molecule has 0 radical (unpaired) electrons. The molecular formula is C13H9N3O2S. The largest absolute Gasteiger partial charge is 0.359 e. The van der Waals surface area contributed by atoms with Gasteiger partial charge in [0.25, 0.3) is 5.03 Å². The van der Waals surface area contributed by atoms with Gasteiger partial charge in [0.05, 0.1) is 5.16 Å². The summed E-state index contributed by atoms with van der Waals surface area (Å²) in [5.41, 5.74) is 1.13. The van der Waals surface area contributed by atoms with Crippen LogP contribution in [0.15, 0.2) is 69.4 Å². The SMILES string of the molecule is [O-][n+]1onc(Sc2ccccc2)c1-c1ccncc1. The van der Waals surface area contributed by atoms with E-state index in [9.17, 15) is 5.21 Å². The Hall–Kier alpha value is -2.34. The Labute approximate surface area is 113 Å². The molecular weight excluding hydrogens is 262 g/mol. The maximum atomic E-state index is 11.7. The van der Waals surface area contributed by atoms with E-state index >= 15 is 0 Å². The van der Waals surface area contributed by atoms with Gasteiger partial charge in [-0.25, -0.2) is 0 Å². The van der Waals surface area contributed by atoms with Crippen LogP contribution < -0.4 is 4.90 Å². The molecule has 0 fully saturated rings. The van der Waals surface area contributed by atoms with Crippen LogP contribution in [0.2, 0.25) is 0 Å². The van der Waals surface area contributed by atoms with Gasteiger partial charge in [-0.1, -0.05) is 18.2 Å². The number of nitrogens with zero attached hydrogens (tertiary/aromatic N) is 3.